The molecule has 5 heteroatoms. The number of carbonyl (C=O) groups excluding carboxylic acids is 2. The number of hydrogen-bond acceptors (Lipinski definition) is 3. The maximum atomic E-state index is 11.5. The minimum atomic E-state index is -0.498. The number of carbonyl (C=O) groups is 2. The van der Waals surface area contributed by atoms with Gasteiger partial charge in [-0.2, -0.15) is 0 Å². The van der Waals surface area contributed by atoms with Gasteiger partial charge in [0.25, 0.3) is 0 Å². The number of ketones is 1. The fourth-order valence-corrected chi connectivity index (χ4v) is 1.85. The molecule has 0 aliphatic rings. The van der Waals surface area contributed by atoms with Crippen molar-refractivity contribution in [2.45, 2.75) is 6.92 Å². The van der Waals surface area contributed by atoms with E-state index in [9.17, 15) is 9.59 Å². The van der Waals surface area contributed by atoms with Gasteiger partial charge in [0, 0.05) is 0 Å². The van der Waals surface area contributed by atoms with Crippen LogP contribution in [0.3, 0.4) is 0 Å². The van der Waals surface area contributed by atoms with Crippen molar-refractivity contribution < 1.29 is 31.3 Å². The van der Waals surface area contributed by atoms with Crippen molar-refractivity contribution in [3.05, 3.63) is 35.4 Å². The molecule has 15 heavy (non-hydrogen) atoms. The molecule has 0 unspecified atom stereocenters. The third-order valence-electron chi connectivity index (χ3n) is 1.76. The Morgan fingerprint density at radius 1 is 1.27 bits per heavy atom. The van der Waals surface area contributed by atoms with Crippen molar-refractivity contribution in [2.75, 3.05) is 7.05 Å². The second-order valence-electron chi connectivity index (χ2n) is 2.84. The Morgan fingerprint density at radius 2 is 1.93 bits per heavy atom. The van der Waals surface area contributed by atoms with Gasteiger partial charge in [0.2, 0.25) is 0 Å². The van der Waals surface area contributed by atoms with Crippen molar-refractivity contribution in [2.24, 2.45) is 0 Å². The number of halogens is 1. The maximum absolute atomic E-state index is 11.5. The number of nitrogens with one attached hydrogen (secondary N) is 2. The van der Waals surface area contributed by atoms with Crippen LogP contribution in [-0.4, -0.2) is 18.7 Å². The van der Waals surface area contributed by atoms with Crippen molar-refractivity contribution in [1.29, 1.82) is 0 Å². The molecule has 1 aromatic carbocycles. The van der Waals surface area contributed by atoms with Crippen LogP contribution in [0.4, 0.5) is 0 Å². The van der Waals surface area contributed by atoms with E-state index in [0.717, 1.165) is 0 Å². The topological polar surface area (TPSA) is 58.2 Å². The average Bonchev–Trinajstić information content (AvgIpc) is 2.26. The molecule has 0 spiro atoms. The summed E-state index contributed by atoms with van der Waals surface area (Å²) in [6.07, 6.45) is 0. The number of hydrogen-bond donors (Lipinski definition) is 2. The van der Waals surface area contributed by atoms with E-state index in [2.05, 4.69) is 7.06 Å². The number of rotatable bonds is 4. The summed E-state index contributed by atoms with van der Waals surface area (Å²) in [5.41, 5.74) is 1.09. The quantitative estimate of drug-likeness (QED) is 0.375. The first kappa shape index (κ1) is 12.1. The van der Waals surface area contributed by atoms with E-state index in [1.54, 1.807) is 31.3 Å². The van der Waals surface area contributed by atoms with Crippen LogP contribution in [0.25, 0.3) is 0 Å². The fraction of sp³-hybridized carbons (Fsp3) is 0.200. The molecule has 0 fully saturated rings. The molecular formula is C10H12IN2O2-. The molecule has 1 rings (SSSR count). The molecule has 4 nitrogen and oxygen atoms in total. The summed E-state index contributed by atoms with van der Waals surface area (Å²) < 4.78 is 5.68. The Bertz CT molecular complexity index is 379. The zero-order valence-electron chi connectivity index (χ0n) is 8.50. The zero-order valence-corrected chi connectivity index (χ0v) is 10.7. The van der Waals surface area contributed by atoms with Gasteiger partial charge in [0.05, 0.1) is 0 Å². The fourth-order valence-electron chi connectivity index (χ4n) is 1.02. The molecule has 0 heterocycles. The Hall–Kier alpha value is -0.950. The van der Waals surface area contributed by atoms with Crippen LogP contribution in [0, 0.1) is 0 Å². The standard InChI is InChI=1S/C10H12IN2O2/c1-7(14)8-4-3-5-9(6-8)10(15)13-11-12-2/h3-6,12H,1-2H3,(H,13,15)/q-1. The summed E-state index contributed by atoms with van der Waals surface area (Å²) in [4.78, 5) is 22.6. The summed E-state index contributed by atoms with van der Waals surface area (Å²) in [5.74, 6) is -0.173. The molecule has 0 radical (unpaired) electrons. The van der Waals surface area contributed by atoms with E-state index >= 15 is 0 Å². The summed E-state index contributed by atoms with van der Waals surface area (Å²) >= 11 is -0.498. The molecule has 82 valence electrons. The number of Topliss-reactive ketones (excluding diaryl/α,β-unsaturated/α-hetero) is 1. The zero-order chi connectivity index (χ0) is 11.3. The molecule has 2 N–H and O–H groups in total. The molecule has 1 aromatic rings. The van der Waals surface area contributed by atoms with E-state index in [-0.39, 0.29) is 11.7 Å². The molecule has 0 atom stereocenters. The normalized spacial score (nSPS) is 10.0. The van der Waals surface area contributed by atoms with Crippen molar-refractivity contribution in [3.63, 3.8) is 0 Å². The van der Waals surface area contributed by atoms with Gasteiger partial charge in [0.1, 0.15) is 0 Å². The molecule has 1 amide bonds. The summed E-state index contributed by atoms with van der Waals surface area (Å²) in [6, 6.07) is 6.72. The van der Waals surface area contributed by atoms with Crippen molar-refractivity contribution in [3.8, 4) is 0 Å². The van der Waals surface area contributed by atoms with E-state index in [0.29, 0.717) is 11.1 Å². The van der Waals surface area contributed by atoms with Gasteiger partial charge in [-0.15, -0.1) is 0 Å². The van der Waals surface area contributed by atoms with Gasteiger partial charge in [-0.3, -0.25) is 0 Å². The van der Waals surface area contributed by atoms with Crippen LogP contribution in [0.5, 0.6) is 0 Å². The van der Waals surface area contributed by atoms with Gasteiger partial charge < -0.3 is 0 Å². The second-order valence-corrected chi connectivity index (χ2v) is 5.00. The molecular weight excluding hydrogens is 307 g/mol. The molecule has 0 aliphatic heterocycles. The Morgan fingerprint density at radius 3 is 2.53 bits per heavy atom. The van der Waals surface area contributed by atoms with Gasteiger partial charge >= 0.3 is 99.5 Å². The van der Waals surface area contributed by atoms with Crippen LogP contribution in [0.2, 0.25) is 0 Å². The van der Waals surface area contributed by atoms with Crippen LogP contribution in [0.1, 0.15) is 27.6 Å². The Kier molecular flexibility index (Phi) is 4.70. The predicted molar refractivity (Wildman–Crippen MR) is 53.0 cm³/mol. The predicted octanol–water partition coefficient (Wildman–Crippen LogP) is -2.24. The van der Waals surface area contributed by atoms with E-state index in [4.69, 9.17) is 0 Å². The Balaban J connectivity index is 2.81. The van der Waals surface area contributed by atoms with Gasteiger partial charge in [-0.05, 0) is 0 Å². The van der Waals surface area contributed by atoms with E-state index in [1.807, 2.05) is 0 Å². The SMILES string of the molecule is CN[I-]NC(=O)c1cccc(C(C)=O)c1. The average molecular weight is 319 g/mol. The first-order chi connectivity index (χ1) is 7.15. The van der Waals surface area contributed by atoms with Crippen LogP contribution < -0.4 is 28.8 Å². The second kappa shape index (κ2) is 5.82. The third-order valence-corrected chi connectivity index (χ3v) is 3.06. The number of benzene rings is 1. The Labute approximate surface area is 99.4 Å². The van der Waals surface area contributed by atoms with Gasteiger partial charge in [0.15, 0.2) is 0 Å². The van der Waals surface area contributed by atoms with E-state index < -0.39 is 21.8 Å². The molecule has 0 saturated heterocycles. The van der Waals surface area contributed by atoms with Gasteiger partial charge in [-0.1, -0.05) is 0 Å². The number of amides is 1. The summed E-state index contributed by atoms with van der Waals surface area (Å²) in [5, 5.41) is 0. The molecule has 0 saturated carbocycles. The van der Waals surface area contributed by atoms with Crippen LogP contribution >= 0.6 is 0 Å². The molecule has 0 aliphatic carbocycles. The monoisotopic (exact) mass is 319 g/mol. The van der Waals surface area contributed by atoms with Crippen LogP contribution in [0.15, 0.2) is 24.3 Å². The first-order valence-corrected chi connectivity index (χ1v) is 6.52. The van der Waals surface area contributed by atoms with Crippen molar-refractivity contribution >= 4 is 11.7 Å². The minimum absolute atomic E-state index is 0.0343. The van der Waals surface area contributed by atoms with E-state index in [1.165, 1.54) is 6.92 Å². The third kappa shape index (κ3) is 3.60. The summed E-state index contributed by atoms with van der Waals surface area (Å²) in [7, 11) is 1.79. The van der Waals surface area contributed by atoms with Gasteiger partial charge in [-0.25, -0.2) is 0 Å². The first-order valence-electron chi connectivity index (χ1n) is 4.36. The van der Waals surface area contributed by atoms with Crippen molar-refractivity contribution in [1.82, 2.24) is 7.06 Å². The summed E-state index contributed by atoms with van der Waals surface area (Å²) in [6.45, 7) is 1.48. The van der Waals surface area contributed by atoms with Crippen LogP contribution in [-0.2, 0) is 0 Å². The molecule has 0 aromatic heterocycles. The molecule has 0 bridgehead atoms.